The average Bonchev–Trinajstić information content (AvgIpc) is 2.74. The van der Waals surface area contributed by atoms with Crippen molar-refractivity contribution >= 4 is 27.3 Å². The third-order valence-corrected chi connectivity index (χ3v) is 5.59. The SMILES string of the molecule is Cc1ccc(S(=O)(=O)NCC(CCC(=O)O)C(F)(F)F)s1. The highest BCUT2D eigenvalue weighted by molar-refractivity contribution is 7.91. The fourth-order valence-electron chi connectivity index (χ4n) is 1.52. The Morgan fingerprint density at radius 2 is 2.05 bits per heavy atom. The van der Waals surface area contributed by atoms with Crippen molar-refractivity contribution in [1.29, 1.82) is 0 Å². The molecule has 0 aliphatic rings. The van der Waals surface area contributed by atoms with E-state index >= 15 is 0 Å². The first-order chi connectivity index (χ1) is 9.52. The first kappa shape index (κ1) is 17.9. The predicted molar refractivity (Wildman–Crippen MR) is 70.7 cm³/mol. The molecule has 10 heteroatoms. The summed E-state index contributed by atoms with van der Waals surface area (Å²) >= 11 is 0.946. The lowest BCUT2D eigenvalue weighted by Gasteiger charge is -2.19. The Morgan fingerprint density at radius 3 is 2.48 bits per heavy atom. The fourth-order valence-corrected chi connectivity index (χ4v) is 3.93. The minimum Gasteiger partial charge on any atom is -0.481 e. The molecule has 1 unspecified atom stereocenters. The minimum atomic E-state index is -4.66. The molecule has 1 aromatic heterocycles. The standard InChI is InChI=1S/C11H14F3NO4S2/c1-7-2-5-10(20-7)21(18,19)15-6-8(11(12,13)14)3-4-9(16)17/h2,5,8,15H,3-4,6H2,1H3,(H,16,17). The van der Waals surface area contributed by atoms with Crippen molar-refractivity contribution in [3.63, 3.8) is 0 Å². The number of hydrogen-bond acceptors (Lipinski definition) is 4. The highest BCUT2D eigenvalue weighted by Crippen LogP contribution is 2.30. The van der Waals surface area contributed by atoms with Crippen LogP contribution in [0.5, 0.6) is 0 Å². The van der Waals surface area contributed by atoms with Crippen LogP contribution in [0.4, 0.5) is 13.2 Å². The first-order valence-electron chi connectivity index (χ1n) is 5.87. The quantitative estimate of drug-likeness (QED) is 0.795. The molecule has 0 aliphatic carbocycles. The molecule has 0 bridgehead atoms. The van der Waals surface area contributed by atoms with Crippen molar-refractivity contribution < 1.29 is 31.5 Å². The molecular formula is C11H14F3NO4S2. The zero-order valence-electron chi connectivity index (χ0n) is 11.0. The highest BCUT2D eigenvalue weighted by atomic mass is 32.2. The van der Waals surface area contributed by atoms with Gasteiger partial charge in [-0.15, -0.1) is 11.3 Å². The summed E-state index contributed by atoms with van der Waals surface area (Å²) in [6.45, 7) is 0.797. The van der Waals surface area contributed by atoms with Gasteiger partial charge < -0.3 is 5.11 Å². The number of hydrogen-bond donors (Lipinski definition) is 2. The molecule has 0 fully saturated rings. The Hall–Kier alpha value is -1.13. The van der Waals surface area contributed by atoms with Crippen LogP contribution < -0.4 is 4.72 Å². The van der Waals surface area contributed by atoms with Crippen LogP contribution in [0.1, 0.15) is 17.7 Å². The zero-order valence-corrected chi connectivity index (χ0v) is 12.6. The third-order valence-electron chi connectivity index (χ3n) is 2.67. The van der Waals surface area contributed by atoms with Crippen molar-refractivity contribution in [2.75, 3.05) is 6.54 Å². The van der Waals surface area contributed by atoms with Gasteiger partial charge in [-0.3, -0.25) is 4.79 Å². The number of rotatable bonds is 7. The summed E-state index contributed by atoms with van der Waals surface area (Å²) in [6.07, 6.45) is -6.02. The maximum absolute atomic E-state index is 12.7. The number of alkyl halides is 3. The molecule has 21 heavy (non-hydrogen) atoms. The summed E-state index contributed by atoms with van der Waals surface area (Å²) in [5, 5.41) is 8.43. The predicted octanol–water partition coefficient (Wildman–Crippen LogP) is 2.38. The lowest BCUT2D eigenvalue weighted by Crippen LogP contribution is -2.36. The van der Waals surface area contributed by atoms with E-state index in [-0.39, 0.29) is 4.21 Å². The maximum atomic E-state index is 12.7. The third kappa shape index (κ3) is 5.64. The number of carboxylic acids is 1. The van der Waals surface area contributed by atoms with E-state index < -0.39 is 47.5 Å². The smallest absolute Gasteiger partial charge is 0.393 e. The highest BCUT2D eigenvalue weighted by Gasteiger charge is 2.40. The second-order valence-electron chi connectivity index (χ2n) is 4.39. The molecule has 2 N–H and O–H groups in total. The Labute approximate surface area is 123 Å². The van der Waals surface area contributed by atoms with Crippen LogP contribution in [0, 0.1) is 12.8 Å². The van der Waals surface area contributed by atoms with Crippen LogP contribution in [0.15, 0.2) is 16.3 Å². The van der Waals surface area contributed by atoms with Crippen LogP contribution in [-0.4, -0.2) is 32.2 Å². The number of sulfonamides is 1. The zero-order chi connectivity index (χ0) is 16.3. The molecule has 0 saturated carbocycles. The van der Waals surface area contributed by atoms with Gasteiger partial charge in [-0.25, -0.2) is 13.1 Å². The number of carbonyl (C=O) groups is 1. The number of nitrogens with one attached hydrogen (secondary N) is 1. The van der Waals surface area contributed by atoms with Crippen molar-refractivity contribution in [1.82, 2.24) is 4.72 Å². The maximum Gasteiger partial charge on any atom is 0.393 e. The van der Waals surface area contributed by atoms with E-state index in [1.165, 1.54) is 6.07 Å². The van der Waals surface area contributed by atoms with E-state index in [4.69, 9.17) is 5.11 Å². The number of thiophene rings is 1. The Balaban J connectivity index is 2.74. The van der Waals surface area contributed by atoms with Gasteiger partial charge in [0.1, 0.15) is 4.21 Å². The van der Waals surface area contributed by atoms with Crippen LogP contribution in [0.25, 0.3) is 0 Å². The van der Waals surface area contributed by atoms with Crippen molar-refractivity contribution in [2.45, 2.75) is 30.2 Å². The minimum absolute atomic E-state index is 0.0702. The van der Waals surface area contributed by atoms with Gasteiger partial charge in [0.2, 0.25) is 10.0 Å². The summed E-state index contributed by atoms with van der Waals surface area (Å²) < 4.78 is 63.7. The summed E-state index contributed by atoms with van der Waals surface area (Å²) in [5.74, 6) is -3.40. The van der Waals surface area contributed by atoms with Gasteiger partial charge >= 0.3 is 12.1 Å². The second-order valence-corrected chi connectivity index (χ2v) is 7.67. The van der Waals surface area contributed by atoms with Crippen LogP contribution >= 0.6 is 11.3 Å². The fraction of sp³-hybridized carbons (Fsp3) is 0.545. The Kier molecular flexibility index (Phi) is 5.76. The molecule has 0 amide bonds. The van der Waals surface area contributed by atoms with E-state index in [0.717, 1.165) is 11.3 Å². The van der Waals surface area contributed by atoms with E-state index in [9.17, 15) is 26.4 Å². The van der Waals surface area contributed by atoms with Gasteiger partial charge in [0.25, 0.3) is 0 Å². The van der Waals surface area contributed by atoms with Crippen molar-refractivity contribution in [2.24, 2.45) is 5.92 Å². The molecule has 5 nitrogen and oxygen atoms in total. The number of aliphatic carboxylic acids is 1. The summed E-state index contributed by atoms with van der Waals surface area (Å²) in [7, 11) is -4.01. The van der Waals surface area contributed by atoms with Gasteiger partial charge in [0.05, 0.1) is 5.92 Å². The number of aryl methyl sites for hydroxylation is 1. The molecule has 1 heterocycles. The number of carboxylic acid groups (broad SMARTS) is 1. The summed E-state index contributed by atoms with van der Waals surface area (Å²) in [6, 6.07) is 2.85. The monoisotopic (exact) mass is 345 g/mol. The van der Waals surface area contributed by atoms with E-state index in [1.54, 1.807) is 13.0 Å². The van der Waals surface area contributed by atoms with Crippen LogP contribution in [0.3, 0.4) is 0 Å². The topological polar surface area (TPSA) is 83.5 Å². The average molecular weight is 345 g/mol. The molecule has 0 aromatic carbocycles. The Bertz CT molecular complexity index is 595. The van der Waals surface area contributed by atoms with Gasteiger partial charge in [0, 0.05) is 17.8 Å². The molecule has 1 aromatic rings. The largest absolute Gasteiger partial charge is 0.481 e. The van der Waals surface area contributed by atoms with Gasteiger partial charge in [-0.2, -0.15) is 13.2 Å². The summed E-state index contributed by atoms with van der Waals surface area (Å²) in [4.78, 5) is 11.1. The molecule has 0 spiro atoms. The van der Waals surface area contributed by atoms with Crippen molar-refractivity contribution in [3.8, 4) is 0 Å². The Morgan fingerprint density at radius 1 is 1.43 bits per heavy atom. The van der Waals surface area contributed by atoms with Gasteiger partial charge in [0.15, 0.2) is 0 Å². The molecule has 1 rings (SSSR count). The number of halogens is 3. The first-order valence-corrected chi connectivity index (χ1v) is 8.17. The van der Waals surface area contributed by atoms with Gasteiger partial charge in [-0.1, -0.05) is 0 Å². The van der Waals surface area contributed by atoms with E-state index in [0.29, 0.717) is 4.88 Å². The summed E-state index contributed by atoms with van der Waals surface area (Å²) in [5.41, 5.74) is 0. The van der Waals surface area contributed by atoms with E-state index in [1.807, 2.05) is 4.72 Å². The lowest BCUT2D eigenvalue weighted by molar-refractivity contribution is -0.175. The molecule has 1 atom stereocenters. The second kappa shape index (κ2) is 6.75. The van der Waals surface area contributed by atoms with Gasteiger partial charge in [-0.05, 0) is 25.5 Å². The normalized spacial score (nSPS) is 14.1. The van der Waals surface area contributed by atoms with E-state index in [2.05, 4.69) is 0 Å². The molecule has 120 valence electrons. The van der Waals surface area contributed by atoms with Crippen molar-refractivity contribution in [3.05, 3.63) is 17.0 Å². The van der Waals surface area contributed by atoms with Crippen LogP contribution in [-0.2, 0) is 14.8 Å². The van der Waals surface area contributed by atoms with Crippen LogP contribution in [0.2, 0.25) is 0 Å². The molecule has 0 saturated heterocycles. The lowest BCUT2D eigenvalue weighted by atomic mass is 10.0. The molecule has 0 radical (unpaired) electrons. The molecular weight excluding hydrogens is 331 g/mol. The molecule has 0 aliphatic heterocycles.